The largest absolute Gasteiger partial charge is 0.469 e. The molecule has 8 nitrogen and oxygen atoms in total. The second-order valence-electron chi connectivity index (χ2n) is 6.57. The number of rotatable bonds is 4. The van der Waals surface area contributed by atoms with Crippen LogP contribution < -0.4 is 5.32 Å². The van der Waals surface area contributed by atoms with Crippen molar-refractivity contribution in [2.24, 2.45) is 18.0 Å². The molecule has 2 aliphatic rings. The fraction of sp³-hybridized carbons (Fsp3) is 0.750. The summed E-state index contributed by atoms with van der Waals surface area (Å²) >= 11 is 0. The van der Waals surface area contributed by atoms with Gasteiger partial charge in [0.25, 0.3) is 0 Å². The third-order valence-electron chi connectivity index (χ3n) is 4.79. The molecule has 1 aromatic rings. The van der Waals surface area contributed by atoms with E-state index in [1.54, 1.807) is 0 Å². The molecular formula is C16H26N6O2. The quantitative estimate of drug-likeness (QED) is 0.493. The second-order valence-corrected chi connectivity index (χ2v) is 6.57. The lowest BCUT2D eigenvalue weighted by Gasteiger charge is -2.33. The van der Waals surface area contributed by atoms with Crippen molar-refractivity contribution in [1.82, 2.24) is 25.0 Å². The van der Waals surface area contributed by atoms with E-state index >= 15 is 0 Å². The molecule has 8 heteroatoms. The number of nitrogens with one attached hydrogen (secondary N) is 1. The number of hydrogen-bond donors (Lipinski definition) is 1. The van der Waals surface area contributed by atoms with Crippen molar-refractivity contribution in [3.05, 3.63) is 11.6 Å². The minimum atomic E-state index is -0.0992. The Morgan fingerprint density at radius 2 is 2.00 bits per heavy atom. The summed E-state index contributed by atoms with van der Waals surface area (Å²) in [5.74, 6) is 2.57. The van der Waals surface area contributed by atoms with E-state index in [0.717, 1.165) is 43.5 Å². The predicted octanol–water partition coefficient (Wildman–Crippen LogP) is 0.617. The third kappa shape index (κ3) is 3.85. The molecule has 0 atom stereocenters. The van der Waals surface area contributed by atoms with E-state index in [1.807, 2.05) is 18.5 Å². The topological polar surface area (TPSA) is 84.6 Å². The lowest BCUT2D eigenvalue weighted by atomic mass is 9.97. The van der Waals surface area contributed by atoms with Crippen LogP contribution in [0.2, 0.25) is 0 Å². The van der Waals surface area contributed by atoms with Gasteiger partial charge in [-0.2, -0.15) is 0 Å². The maximum atomic E-state index is 11.7. The fourth-order valence-corrected chi connectivity index (χ4v) is 2.88. The molecule has 24 heavy (non-hydrogen) atoms. The zero-order chi connectivity index (χ0) is 17.1. The normalized spacial score (nSPS) is 19.5. The van der Waals surface area contributed by atoms with Crippen LogP contribution in [0.15, 0.2) is 4.99 Å². The van der Waals surface area contributed by atoms with Gasteiger partial charge in [-0.1, -0.05) is 0 Å². The maximum Gasteiger partial charge on any atom is 0.308 e. The minimum Gasteiger partial charge on any atom is -0.469 e. The first-order valence-electron chi connectivity index (χ1n) is 8.57. The van der Waals surface area contributed by atoms with Crippen LogP contribution >= 0.6 is 0 Å². The van der Waals surface area contributed by atoms with Gasteiger partial charge < -0.3 is 19.5 Å². The molecule has 1 aliphatic carbocycles. The summed E-state index contributed by atoms with van der Waals surface area (Å²) in [4.78, 5) is 18.7. The molecule has 0 amide bonds. The first kappa shape index (κ1) is 16.7. The van der Waals surface area contributed by atoms with Crippen LogP contribution in [-0.4, -0.2) is 57.8 Å². The lowest BCUT2D eigenvalue weighted by Crippen LogP contribution is -2.47. The van der Waals surface area contributed by atoms with Crippen molar-refractivity contribution < 1.29 is 9.53 Å². The molecule has 1 saturated heterocycles. The van der Waals surface area contributed by atoms with Crippen LogP contribution in [0.4, 0.5) is 0 Å². The zero-order valence-corrected chi connectivity index (χ0v) is 14.7. The van der Waals surface area contributed by atoms with Gasteiger partial charge in [-0.15, -0.1) is 10.2 Å². The Balaban J connectivity index is 1.64. The van der Waals surface area contributed by atoms with E-state index < -0.39 is 0 Å². The van der Waals surface area contributed by atoms with E-state index in [0.29, 0.717) is 12.6 Å². The van der Waals surface area contributed by atoms with Crippen LogP contribution in [0.3, 0.4) is 0 Å². The van der Waals surface area contributed by atoms with Gasteiger partial charge in [0.05, 0.1) is 13.0 Å². The van der Waals surface area contributed by atoms with E-state index in [4.69, 9.17) is 9.73 Å². The number of methoxy groups -OCH3 is 1. The standard InChI is InChI=1S/C16H26N6O2/c1-11-19-20-14(21(11)2)10-17-16(18-13-4-5-13)22-8-6-12(7-9-22)15(23)24-3/h12-13H,4-10H2,1-3H3,(H,17,18). The van der Waals surface area contributed by atoms with Gasteiger partial charge in [0.1, 0.15) is 12.4 Å². The number of carbonyl (C=O) groups is 1. The molecule has 3 rings (SSSR count). The molecule has 1 N–H and O–H groups in total. The van der Waals surface area contributed by atoms with E-state index in [1.165, 1.54) is 20.0 Å². The average molecular weight is 334 g/mol. The highest BCUT2D eigenvalue weighted by Crippen LogP contribution is 2.22. The highest BCUT2D eigenvalue weighted by molar-refractivity contribution is 5.81. The molecule has 1 aromatic heterocycles. The van der Waals surface area contributed by atoms with Gasteiger partial charge in [0.2, 0.25) is 0 Å². The van der Waals surface area contributed by atoms with Gasteiger partial charge in [0.15, 0.2) is 11.8 Å². The summed E-state index contributed by atoms with van der Waals surface area (Å²) in [5.41, 5.74) is 0. The molecule has 0 radical (unpaired) electrons. The van der Waals surface area contributed by atoms with Crippen LogP contribution in [0, 0.1) is 12.8 Å². The van der Waals surface area contributed by atoms with E-state index in [9.17, 15) is 4.79 Å². The number of likely N-dealkylation sites (tertiary alicyclic amines) is 1. The molecule has 0 aromatic carbocycles. The summed E-state index contributed by atoms with van der Waals surface area (Å²) in [5, 5.41) is 11.8. The number of aryl methyl sites for hydroxylation is 1. The molecular weight excluding hydrogens is 308 g/mol. The number of nitrogens with zero attached hydrogens (tertiary/aromatic N) is 5. The molecule has 1 aliphatic heterocycles. The summed E-state index contributed by atoms with van der Waals surface area (Å²) in [6.45, 7) is 4.07. The van der Waals surface area contributed by atoms with Gasteiger partial charge >= 0.3 is 5.97 Å². The Bertz CT molecular complexity index is 614. The van der Waals surface area contributed by atoms with Crippen molar-refractivity contribution >= 4 is 11.9 Å². The summed E-state index contributed by atoms with van der Waals surface area (Å²) in [7, 11) is 3.41. The molecule has 0 unspecified atom stereocenters. The number of hydrogen-bond acceptors (Lipinski definition) is 5. The number of aliphatic imine (C=N–C) groups is 1. The Hall–Kier alpha value is -2.12. The van der Waals surface area contributed by atoms with Crippen LogP contribution in [-0.2, 0) is 23.1 Å². The number of piperidine rings is 1. The van der Waals surface area contributed by atoms with Gasteiger partial charge in [-0.05, 0) is 32.6 Å². The van der Waals surface area contributed by atoms with Crippen LogP contribution in [0.1, 0.15) is 37.3 Å². The molecule has 2 heterocycles. The minimum absolute atomic E-state index is 0.00909. The van der Waals surface area contributed by atoms with Crippen molar-refractivity contribution in [2.45, 2.75) is 45.2 Å². The zero-order valence-electron chi connectivity index (χ0n) is 14.7. The number of ether oxygens (including phenoxy) is 1. The summed E-state index contributed by atoms with van der Waals surface area (Å²) in [6.07, 6.45) is 4.00. The molecule has 2 fully saturated rings. The first-order valence-corrected chi connectivity index (χ1v) is 8.57. The van der Waals surface area contributed by atoms with Gasteiger partial charge in [-0.25, -0.2) is 4.99 Å². The molecule has 0 spiro atoms. The number of esters is 1. The first-order chi connectivity index (χ1) is 11.6. The monoisotopic (exact) mass is 334 g/mol. The van der Waals surface area contributed by atoms with Crippen molar-refractivity contribution in [2.75, 3.05) is 20.2 Å². The average Bonchev–Trinajstić information content (AvgIpc) is 3.37. The Kier molecular flexibility index (Phi) is 5.01. The molecule has 0 bridgehead atoms. The second kappa shape index (κ2) is 7.19. The summed E-state index contributed by atoms with van der Waals surface area (Å²) in [6, 6.07) is 0.531. The predicted molar refractivity (Wildman–Crippen MR) is 89.3 cm³/mol. The number of guanidine groups is 1. The smallest absolute Gasteiger partial charge is 0.308 e. The fourth-order valence-electron chi connectivity index (χ4n) is 2.88. The summed E-state index contributed by atoms with van der Waals surface area (Å²) < 4.78 is 6.82. The highest BCUT2D eigenvalue weighted by Gasteiger charge is 2.30. The van der Waals surface area contributed by atoms with Crippen LogP contribution in [0.25, 0.3) is 0 Å². The highest BCUT2D eigenvalue weighted by atomic mass is 16.5. The van der Waals surface area contributed by atoms with Crippen molar-refractivity contribution in [3.63, 3.8) is 0 Å². The Morgan fingerprint density at radius 3 is 2.54 bits per heavy atom. The third-order valence-corrected chi connectivity index (χ3v) is 4.79. The van der Waals surface area contributed by atoms with E-state index in [2.05, 4.69) is 20.4 Å². The van der Waals surface area contributed by atoms with Gasteiger partial charge in [0, 0.05) is 26.2 Å². The van der Waals surface area contributed by atoms with Gasteiger partial charge in [-0.3, -0.25) is 4.79 Å². The number of aromatic nitrogens is 3. The Morgan fingerprint density at radius 1 is 1.29 bits per heavy atom. The number of carbonyl (C=O) groups excluding carboxylic acids is 1. The van der Waals surface area contributed by atoms with Crippen molar-refractivity contribution in [3.8, 4) is 0 Å². The molecule has 1 saturated carbocycles. The van der Waals surface area contributed by atoms with E-state index in [-0.39, 0.29) is 11.9 Å². The SMILES string of the molecule is COC(=O)C1CCN(C(=NCc2nnc(C)n2C)NC2CC2)CC1. The lowest BCUT2D eigenvalue weighted by molar-refractivity contribution is -0.146. The maximum absolute atomic E-state index is 11.7. The van der Waals surface area contributed by atoms with Crippen LogP contribution in [0.5, 0.6) is 0 Å². The van der Waals surface area contributed by atoms with Crippen molar-refractivity contribution in [1.29, 1.82) is 0 Å². The molecule has 132 valence electrons. The Labute approximate surface area is 142 Å².